The van der Waals surface area contributed by atoms with Gasteiger partial charge in [-0.3, -0.25) is 4.79 Å². The summed E-state index contributed by atoms with van der Waals surface area (Å²) in [4.78, 5) is 33.6. The second kappa shape index (κ2) is 9.76. The lowest BCUT2D eigenvalue weighted by molar-refractivity contribution is 0.00785. The number of piperidine rings is 1. The molecule has 1 saturated heterocycles. The van der Waals surface area contributed by atoms with E-state index in [1.54, 1.807) is 37.9 Å². The molecule has 12 heteroatoms. The number of carbonyl (C=O) groups excluding carboxylic acids is 2. The number of pyridine rings is 1. The molecule has 0 aliphatic carbocycles. The molecule has 2 aliphatic heterocycles. The maximum atomic E-state index is 15.0. The third-order valence-electron chi connectivity index (χ3n) is 6.54. The molecule has 2 aliphatic rings. The minimum absolute atomic E-state index is 0.0345. The van der Waals surface area contributed by atoms with Gasteiger partial charge in [-0.05, 0) is 45.4 Å². The lowest BCUT2D eigenvalue weighted by Gasteiger charge is -2.33. The number of fused-ring (bicyclic) bond motifs is 1. The van der Waals surface area contributed by atoms with E-state index in [9.17, 15) is 29.5 Å². The number of anilines is 1. The number of benzene rings is 1. The first-order chi connectivity index (χ1) is 18.5. The van der Waals surface area contributed by atoms with Crippen molar-refractivity contribution in [3.8, 4) is 23.0 Å². The summed E-state index contributed by atoms with van der Waals surface area (Å²) < 4.78 is 21.8. The maximum Gasteiger partial charge on any atom is 0.417 e. The average Bonchev–Trinajstić information content (AvgIpc) is 3.49. The number of ether oxygens (including phenoxy) is 1. The van der Waals surface area contributed by atoms with Crippen molar-refractivity contribution in [3.05, 3.63) is 59.2 Å². The number of halogens is 1. The maximum absolute atomic E-state index is 15.0. The van der Waals surface area contributed by atoms with Gasteiger partial charge in [-0.15, -0.1) is 0 Å². The SMILES string of the molecule is CC(C)(C)OC(=O)N1Cc2nc(-c3c(F)cccc3C#N)cc(-n3ccc(N4CCC(O)C(O)C4)n3)c2C1=O. The molecule has 4 heterocycles. The predicted octanol–water partition coefficient (Wildman–Crippen LogP) is 2.77. The average molecular weight is 535 g/mol. The smallest absolute Gasteiger partial charge is 0.417 e. The minimum atomic E-state index is -0.935. The quantitative estimate of drug-likeness (QED) is 0.518. The van der Waals surface area contributed by atoms with Crippen molar-refractivity contribution in [2.24, 2.45) is 0 Å². The first-order valence-corrected chi connectivity index (χ1v) is 12.4. The van der Waals surface area contributed by atoms with Crippen molar-refractivity contribution in [1.82, 2.24) is 19.7 Å². The number of carbonyl (C=O) groups is 2. The second-order valence-corrected chi connectivity index (χ2v) is 10.5. The highest BCUT2D eigenvalue weighted by atomic mass is 19.1. The number of imide groups is 1. The molecule has 2 unspecified atom stereocenters. The summed E-state index contributed by atoms with van der Waals surface area (Å²) in [5, 5.41) is 34.2. The first-order valence-electron chi connectivity index (χ1n) is 12.4. The largest absolute Gasteiger partial charge is 0.443 e. The van der Waals surface area contributed by atoms with E-state index >= 15 is 0 Å². The van der Waals surface area contributed by atoms with Crippen LogP contribution in [0.2, 0.25) is 0 Å². The predicted molar refractivity (Wildman–Crippen MR) is 136 cm³/mol. The van der Waals surface area contributed by atoms with E-state index < -0.39 is 35.6 Å². The zero-order valence-electron chi connectivity index (χ0n) is 21.6. The third kappa shape index (κ3) is 4.94. The summed E-state index contributed by atoms with van der Waals surface area (Å²) in [5.41, 5.74) is -0.169. The fourth-order valence-corrected chi connectivity index (χ4v) is 4.68. The Morgan fingerprint density at radius 1 is 1.21 bits per heavy atom. The van der Waals surface area contributed by atoms with E-state index in [1.807, 2.05) is 6.07 Å². The van der Waals surface area contributed by atoms with E-state index in [-0.39, 0.29) is 46.9 Å². The molecule has 1 fully saturated rings. The molecule has 2 aromatic heterocycles. The number of hydrogen-bond acceptors (Lipinski definition) is 9. The summed E-state index contributed by atoms with van der Waals surface area (Å²) >= 11 is 0. The summed E-state index contributed by atoms with van der Waals surface area (Å²) in [7, 11) is 0. The van der Waals surface area contributed by atoms with Gasteiger partial charge in [0.2, 0.25) is 0 Å². The number of amides is 2. The molecule has 2 N–H and O–H groups in total. The fourth-order valence-electron chi connectivity index (χ4n) is 4.68. The number of β-amino-alcohol motifs (C(OH)–C–C–N with tert-alkyl or cyclic N) is 1. The van der Waals surface area contributed by atoms with Crippen LogP contribution < -0.4 is 4.90 Å². The number of aliphatic hydroxyl groups excluding tert-OH is 2. The minimum Gasteiger partial charge on any atom is -0.443 e. The standard InChI is InChI=1S/C27H27FN6O5/c1-27(2,3)39-26(38)33-13-18-24(25(33)37)19(11-17(30-18)23-15(12-29)5-4-6-16(23)28)34-10-8-22(31-34)32-9-7-20(35)21(36)14-32/h4-6,8,10-11,20-21,35-36H,7,9,13-14H2,1-3H3. The number of nitrogens with zero attached hydrogens (tertiary/aromatic N) is 6. The molecule has 202 valence electrons. The Hall–Kier alpha value is -4.34. The molecule has 2 atom stereocenters. The van der Waals surface area contributed by atoms with Crippen LogP contribution in [0.4, 0.5) is 15.0 Å². The van der Waals surface area contributed by atoms with Gasteiger partial charge in [0, 0.05) is 25.4 Å². The van der Waals surface area contributed by atoms with E-state index in [4.69, 9.17) is 4.74 Å². The van der Waals surface area contributed by atoms with E-state index in [0.717, 1.165) is 4.90 Å². The Morgan fingerprint density at radius 2 is 1.97 bits per heavy atom. The molecule has 39 heavy (non-hydrogen) atoms. The van der Waals surface area contributed by atoms with Crippen molar-refractivity contribution in [1.29, 1.82) is 5.26 Å². The Labute approximate surface area is 223 Å². The van der Waals surface area contributed by atoms with E-state index in [2.05, 4.69) is 10.1 Å². The second-order valence-electron chi connectivity index (χ2n) is 10.5. The van der Waals surface area contributed by atoms with Gasteiger partial charge in [-0.2, -0.15) is 10.4 Å². The summed E-state index contributed by atoms with van der Waals surface area (Å²) in [6, 6.07) is 9.22. The van der Waals surface area contributed by atoms with Crippen LogP contribution in [0, 0.1) is 17.1 Å². The van der Waals surface area contributed by atoms with Crippen LogP contribution in [0.3, 0.4) is 0 Å². The molecule has 2 amide bonds. The molecule has 0 radical (unpaired) electrons. The molecule has 0 spiro atoms. The van der Waals surface area contributed by atoms with Crippen LogP contribution in [0.15, 0.2) is 36.5 Å². The molecular formula is C27H27FN6O5. The summed E-state index contributed by atoms with van der Waals surface area (Å²) in [6.07, 6.45) is -0.641. The van der Waals surface area contributed by atoms with Gasteiger partial charge in [-0.1, -0.05) is 6.07 Å². The number of rotatable bonds is 3. The van der Waals surface area contributed by atoms with Crippen LogP contribution >= 0.6 is 0 Å². The Morgan fingerprint density at radius 3 is 2.67 bits per heavy atom. The van der Waals surface area contributed by atoms with E-state index in [0.29, 0.717) is 18.8 Å². The molecule has 5 rings (SSSR count). The Kier molecular flexibility index (Phi) is 6.57. The molecule has 3 aromatic rings. The van der Waals surface area contributed by atoms with Crippen molar-refractivity contribution < 1.29 is 28.9 Å². The molecular weight excluding hydrogens is 507 g/mol. The molecule has 0 saturated carbocycles. The highest BCUT2D eigenvalue weighted by Crippen LogP contribution is 2.34. The monoisotopic (exact) mass is 534 g/mol. The number of nitriles is 1. The number of hydrogen-bond donors (Lipinski definition) is 2. The van der Waals surface area contributed by atoms with Gasteiger partial charge in [-0.25, -0.2) is 23.8 Å². The molecule has 11 nitrogen and oxygen atoms in total. The number of aliphatic hydroxyl groups is 2. The summed E-state index contributed by atoms with van der Waals surface area (Å²) in [5.74, 6) is -0.815. The third-order valence-corrected chi connectivity index (χ3v) is 6.54. The molecule has 1 aromatic carbocycles. The van der Waals surface area contributed by atoms with Gasteiger partial charge in [0.25, 0.3) is 5.91 Å². The van der Waals surface area contributed by atoms with Gasteiger partial charge >= 0.3 is 6.09 Å². The van der Waals surface area contributed by atoms with Gasteiger partial charge in [0.05, 0.1) is 58.6 Å². The fraction of sp³-hybridized carbons (Fsp3) is 0.370. The first kappa shape index (κ1) is 26.3. The van der Waals surface area contributed by atoms with Crippen LogP contribution in [0.25, 0.3) is 16.9 Å². The lowest BCUT2D eigenvalue weighted by atomic mass is 10.0. The van der Waals surface area contributed by atoms with Crippen molar-refractivity contribution in [2.75, 3.05) is 18.0 Å². The van der Waals surface area contributed by atoms with Crippen LogP contribution in [0.5, 0.6) is 0 Å². The van der Waals surface area contributed by atoms with Crippen molar-refractivity contribution in [2.45, 2.75) is 51.5 Å². The zero-order chi connectivity index (χ0) is 28.1. The normalized spacial score (nSPS) is 19.2. The topological polar surface area (TPSA) is 145 Å². The number of aromatic nitrogens is 3. The van der Waals surface area contributed by atoms with Crippen LogP contribution in [-0.2, 0) is 11.3 Å². The van der Waals surface area contributed by atoms with Crippen LogP contribution in [0.1, 0.15) is 48.8 Å². The van der Waals surface area contributed by atoms with Gasteiger partial charge in [0.15, 0.2) is 5.82 Å². The van der Waals surface area contributed by atoms with E-state index in [1.165, 1.54) is 28.9 Å². The Balaban J connectivity index is 1.62. The molecule has 0 bridgehead atoms. The van der Waals surface area contributed by atoms with Gasteiger partial charge < -0.3 is 19.8 Å². The highest BCUT2D eigenvalue weighted by Gasteiger charge is 2.39. The highest BCUT2D eigenvalue weighted by molar-refractivity contribution is 6.08. The van der Waals surface area contributed by atoms with Gasteiger partial charge in [0.1, 0.15) is 11.4 Å². The van der Waals surface area contributed by atoms with Crippen LogP contribution in [-0.4, -0.2) is 72.8 Å². The zero-order valence-corrected chi connectivity index (χ0v) is 21.6. The van der Waals surface area contributed by atoms with Crippen molar-refractivity contribution >= 4 is 17.8 Å². The lowest BCUT2D eigenvalue weighted by Crippen LogP contribution is -2.46. The summed E-state index contributed by atoms with van der Waals surface area (Å²) in [6.45, 7) is 5.48. The van der Waals surface area contributed by atoms with Crippen molar-refractivity contribution in [3.63, 3.8) is 0 Å². The Bertz CT molecular complexity index is 1510.